The second kappa shape index (κ2) is 8.96. The van der Waals surface area contributed by atoms with E-state index in [1.807, 2.05) is 19.1 Å². The Kier molecular flexibility index (Phi) is 6.36. The minimum Gasteiger partial charge on any atom is -0.476 e. The Morgan fingerprint density at radius 3 is 2.41 bits per heavy atom. The Morgan fingerprint density at radius 1 is 1.06 bits per heavy atom. The summed E-state index contributed by atoms with van der Waals surface area (Å²) in [5.41, 5.74) is 2.56. The van der Waals surface area contributed by atoms with Crippen molar-refractivity contribution in [1.29, 1.82) is 0 Å². The number of halogens is 1. The molecule has 0 spiro atoms. The number of aryl methyl sites for hydroxylation is 1. The molecule has 3 aromatic rings. The molecule has 0 fully saturated rings. The number of hydrogen-bond donors (Lipinski definition) is 1. The predicted molar refractivity (Wildman–Crippen MR) is 135 cm³/mol. The summed E-state index contributed by atoms with van der Waals surface area (Å²) >= 11 is 6.02. The average molecular weight is 499 g/mol. The summed E-state index contributed by atoms with van der Waals surface area (Å²) in [6, 6.07) is 18.8. The Balaban J connectivity index is 1.74. The molecule has 0 aromatic heterocycles. The minimum absolute atomic E-state index is 0.150. The van der Waals surface area contributed by atoms with Crippen LogP contribution in [-0.2, 0) is 20.2 Å². The fraction of sp³-hybridized carbons (Fsp3) is 0.269. The quantitative estimate of drug-likeness (QED) is 0.512. The molecule has 8 heteroatoms. The van der Waals surface area contributed by atoms with E-state index in [1.54, 1.807) is 54.6 Å². The molecule has 0 saturated carbocycles. The van der Waals surface area contributed by atoms with Crippen molar-refractivity contribution in [3.8, 4) is 5.75 Å². The van der Waals surface area contributed by atoms with Crippen LogP contribution in [0.25, 0.3) is 0 Å². The van der Waals surface area contributed by atoms with Gasteiger partial charge >= 0.3 is 0 Å². The first-order valence-corrected chi connectivity index (χ1v) is 12.7. The first-order chi connectivity index (χ1) is 16.0. The van der Waals surface area contributed by atoms with Gasteiger partial charge in [-0.05, 0) is 65.9 Å². The van der Waals surface area contributed by atoms with Crippen LogP contribution in [0.2, 0.25) is 5.02 Å². The maximum Gasteiger partial charge on any atom is 0.267 e. The SMILES string of the molecule is Cc1cc(Cl)ccc1NC(=O)[C@@H]1CN(S(=O)(=O)c2ccccc2)c2cc(C(C)(C)C)ccc2O1. The molecule has 1 amide bonds. The second-order valence-corrected chi connectivity index (χ2v) is 11.6. The zero-order valence-electron chi connectivity index (χ0n) is 19.5. The molecule has 1 N–H and O–H groups in total. The summed E-state index contributed by atoms with van der Waals surface area (Å²) in [5.74, 6) is -0.101. The third kappa shape index (κ3) is 4.76. The van der Waals surface area contributed by atoms with Gasteiger partial charge in [-0.15, -0.1) is 0 Å². The topological polar surface area (TPSA) is 75.7 Å². The maximum absolute atomic E-state index is 13.7. The van der Waals surface area contributed by atoms with Gasteiger partial charge in [0.25, 0.3) is 15.9 Å². The molecule has 0 aliphatic carbocycles. The van der Waals surface area contributed by atoms with Crippen molar-refractivity contribution in [3.05, 3.63) is 82.9 Å². The molecule has 0 saturated heterocycles. The molecule has 6 nitrogen and oxygen atoms in total. The number of anilines is 2. The summed E-state index contributed by atoms with van der Waals surface area (Å²) in [6.45, 7) is 7.84. The summed E-state index contributed by atoms with van der Waals surface area (Å²) in [4.78, 5) is 13.3. The number of carbonyl (C=O) groups excluding carboxylic acids is 1. The fourth-order valence-corrected chi connectivity index (χ4v) is 5.50. The number of ether oxygens (including phenoxy) is 1. The number of nitrogens with zero attached hydrogens (tertiary/aromatic N) is 1. The van der Waals surface area contributed by atoms with Crippen molar-refractivity contribution >= 4 is 38.9 Å². The number of benzene rings is 3. The average Bonchev–Trinajstić information content (AvgIpc) is 2.79. The number of sulfonamides is 1. The van der Waals surface area contributed by atoms with Gasteiger partial charge in [0, 0.05) is 10.7 Å². The highest BCUT2D eigenvalue weighted by Crippen LogP contribution is 2.40. The number of amides is 1. The molecule has 3 aromatic carbocycles. The highest BCUT2D eigenvalue weighted by Gasteiger charge is 2.38. The number of nitrogens with one attached hydrogen (secondary N) is 1. The molecular formula is C26H27ClN2O4S. The lowest BCUT2D eigenvalue weighted by Gasteiger charge is -2.36. The molecule has 1 aliphatic rings. The number of carbonyl (C=O) groups is 1. The van der Waals surface area contributed by atoms with E-state index in [4.69, 9.17) is 16.3 Å². The van der Waals surface area contributed by atoms with Crippen LogP contribution in [0, 0.1) is 6.92 Å². The van der Waals surface area contributed by atoms with Crippen LogP contribution in [0.3, 0.4) is 0 Å². The zero-order chi connectivity index (χ0) is 24.7. The number of fused-ring (bicyclic) bond motifs is 1. The molecule has 1 aliphatic heterocycles. The Bertz CT molecular complexity index is 1330. The smallest absolute Gasteiger partial charge is 0.267 e. The van der Waals surface area contributed by atoms with E-state index in [2.05, 4.69) is 26.1 Å². The molecule has 0 radical (unpaired) electrons. The molecule has 34 heavy (non-hydrogen) atoms. The van der Waals surface area contributed by atoms with E-state index in [0.717, 1.165) is 11.1 Å². The van der Waals surface area contributed by atoms with Gasteiger partial charge in [-0.3, -0.25) is 9.10 Å². The van der Waals surface area contributed by atoms with Crippen molar-refractivity contribution in [3.63, 3.8) is 0 Å². The van der Waals surface area contributed by atoms with E-state index >= 15 is 0 Å². The molecule has 0 unspecified atom stereocenters. The standard InChI is InChI=1S/C26H27ClN2O4S/c1-17-14-19(27)11-12-21(17)28-25(30)24-16-29(34(31,32)20-8-6-5-7-9-20)22-15-18(26(2,3)4)10-13-23(22)33-24/h5-15,24H,16H2,1-4H3,(H,28,30)/t24-/m0/s1. The molecule has 1 heterocycles. The van der Waals surface area contributed by atoms with E-state index in [1.165, 1.54) is 4.31 Å². The van der Waals surface area contributed by atoms with Crippen LogP contribution in [0.1, 0.15) is 31.9 Å². The molecule has 4 rings (SSSR count). The highest BCUT2D eigenvalue weighted by molar-refractivity contribution is 7.92. The van der Waals surface area contributed by atoms with Crippen LogP contribution in [0.4, 0.5) is 11.4 Å². The number of rotatable bonds is 4. The van der Waals surface area contributed by atoms with Gasteiger partial charge in [0.15, 0.2) is 6.10 Å². The minimum atomic E-state index is -3.93. The largest absolute Gasteiger partial charge is 0.476 e. The maximum atomic E-state index is 13.7. The lowest BCUT2D eigenvalue weighted by Crippen LogP contribution is -2.49. The van der Waals surface area contributed by atoms with Crippen molar-refractivity contribution in [2.24, 2.45) is 0 Å². The highest BCUT2D eigenvalue weighted by atomic mass is 35.5. The van der Waals surface area contributed by atoms with Gasteiger partial charge < -0.3 is 10.1 Å². The second-order valence-electron chi connectivity index (χ2n) is 9.34. The van der Waals surface area contributed by atoms with Gasteiger partial charge in [0.05, 0.1) is 17.1 Å². The van der Waals surface area contributed by atoms with Gasteiger partial charge in [-0.25, -0.2) is 8.42 Å². The van der Waals surface area contributed by atoms with Crippen LogP contribution in [0.5, 0.6) is 5.75 Å². The van der Waals surface area contributed by atoms with Gasteiger partial charge in [-0.2, -0.15) is 0 Å². The normalized spacial score (nSPS) is 15.9. The third-order valence-electron chi connectivity index (χ3n) is 5.76. The molecule has 178 valence electrons. The van der Waals surface area contributed by atoms with E-state index in [9.17, 15) is 13.2 Å². The first-order valence-electron chi connectivity index (χ1n) is 10.9. The van der Waals surface area contributed by atoms with Crippen LogP contribution >= 0.6 is 11.6 Å². The fourth-order valence-electron chi connectivity index (χ4n) is 3.78. The number of hydrogen-bond acceptors (Lipinski definition) is 4. The van der Waals surface area contributed by atoms with Crippen molar-refractivity contribution in [1.82, 2.24) is 0 Å². The van der Waals surface area contributed by atoms with Crippen molar-refractivity contribution in [2.45, 2.75) is 44.1 Å². The summed E-state index contributed by atoms with van der Waals surface area (Å²) in [5, 5.41) is 3.40. The molecule has 0 bridgehead atoms. The Hall–Kier alpha value is -3.03. The van der Waals surface area contributed by atoms with E-state index < -0.39 is 22.0 Å². The van der Waals surface area contributed by atoms with Crippen LogP contribution in [0.15, 0.2) is 71.6 Å². The first kappa shape index (κ1) is 24.1. The molecular weight excluding hydrogens is 472 g/mol. The summed E-state index contributed by atoms with van der Waals surface area (Å²) in [7, 11) is -3.93. The zero-order valence-corrected chi connectivity index (χ0v) is 21.1. The van der Waals surface area contributed by atoms with Crippen molar-refractivity contribution < 1.29 is 17.9 Å². The van der Waals surface area contributed by atoms with Gasteiger partial charge in [0.2, 0.25) is 0 Å². The van der Waals surface area contributed by atoms with E-state index in [0.29, 0.717) is 22.1 Å². The lowest BCUT2D eigenvalue weighted by atomic mass is 9.86. The molecule has 1 atom stereocenters. The summed E-state index contributed by atoms with van der Waals surface area (Å²) in [6.07, 6.45) is -1.04. The van der Waals surface area contributed by atoms with Crippen molar-refractivity contribution in [2.75, 3.05) is 16.2 Å². The van der Waals surface area contributed by atoms with Crippen LogP contribution < -0.4 is 14.4 Å². The van der Waals surface area contributed by atoms with Gasteiger partial charge in [-0.1, -0.05) is 56.6 Å². The summed E-state index contributed by atoms with van der Waals surface area (Å²) < 4.78 is 34.6. The van der Waals surface area contributed by atoms with Gasteiger partial charge in [0.1, 0.15) is 5.75 Å². The Labute approximate surface area is 205 Å². The monoisotopic (exact) mass is 498 g/mol. The third-order valence-corrected chi connectivity index (χ3v) is 7.79. The Morgan fingerprint density at radius 2 is 1.76 bits per heavy atom. The van der Waals surface area contributed by atoms with Crippen LogP contribution in [-0.4, -0.2) is 27.0 Å². The lowest BCUT2D eigenvalue weighted by molar-refractivity contribution is -0.122. The van der Waals surface area contributed by atoms with E-state index in [-0.39, 0.29) is 16.9 Å². The predicted octanol–water partition coefficient (Wildman–Crippen LogP) is 5.54.